The van der Waals surface area contributed by atoms with Crippen molar-refractivity contribution < 1.29 is 19.1 Å². The second-order valence-electron chi connectivity index (χ2n) is 8.91. The van der Waals surface area contributed by atoms with E-state index < -0.39 is 5.60 Å². The predicted molar refractivity (Wildman–Crippen MR) is 114 cm³/mol. The van der Waals surface area contributed by atoms with Gasteiger partial charge in [-0.3, -0.25) is 9.59 Å². The number of carbonyl (C=O) groups is 3. The number of para-hydroxylation sites is 1. The number of piperidine rings is 1. The number of nitrogens with zero attached hydrogens (tertiary/aromatic N) is 1. The number of hydrogen-bond acceptors (Lipinski definition) is 5. The van der Waals surface area contributed by atoms with Gasteiger partial charge in [-0.05, 0) is 39.7 Å². The van der Waals surface area contributed by atoms with E-state index in [1.54, 1.807) is 11.1 Å². The summed E-state index contributed by atoms with van der Waals surface area (Å²) in [5.74, 6) is -0.326. The lowest BCUT2D eigenvalue weighted by Crippen LogP contribution is -2.46. The lowest BCUT2D eigenvalue weighted by molar-refractivity contribution is -0.120. The first-order valence-corrected chi connectivity index (χ1v) is 10.3. The quantitative estimate of drug-likeness (QED) is 0.758. The molecule has 1 aromatic carbocycles. The SMILES string of the molecule is CC(C)(C)OC(=O)N1CCC(NC2=C(c3c[nH]c4ccccc34)C(=O)CC2=O)CC1. The van der Waals surface area contributed by atoms with Crippen LogP contribution in [-0.4, -0.2) is 52.3 Å². The van der Waals surface area contributed by atoms with E-state index in [0.29, 0.717) is 37.2 Å². The second kappa shape index (κ2) is 7.63. The summed E-state index contributed by atoms with van der Waals surface area (Å²) in [5, 5.41) is 4.25. The number of aromatic amines is 1. The van der Waals surface area contributed by atoms with E-state index in [-0.39, 0.29) is 30.1 Å². The lowest BCUT2D eigenvalue weighted by Gasteiger charge is -2.34. The molecule has 1 aliphatic carbocycles. The van der Waals surface area contributed by atoms with Crippen LogP contribution in [0.15, 0.2) is 36.2 Å². The number of benzene rings is 1. The molecule has 7 heteroatoms. The molecule has 2 N–H and O–H groups in total. The Bertz CT molecular complexity index is 1040. The molecular formula is C23H27N3O4. The fourth-order valence-corrected chi connectivity index (χ4v) is 4.05. The average molecular weight is 409 g/mol. The highest BCUT2D eigenvalue weighted by molar-refractivity contribution is 6.39. The Morgan fingerprint density at radius 2 is 1.83 bits per heavy atom. The zero-order valence-electron chi connectivity index (χ0n) is 17.6. The van der Waals surface area contributed by atoms with Crippen LogP contribution in [0.25, 0.3) is 16.5 Å². The van der Waals surface area contributed by atoms with E-state index in [2.05, 4.69) is 10.3 Å². The Balaban J connectivity index is 1.51. The highest BCUT2D eigenvalue weighted by Gasteiger charge is 2.35. The van der Waals surface area contributed by atoms with Gasteiger partial charge in [0, 0.05) is 41.8 Å². The fraction of sp³-hybridized carbons (Fsp3) is 0.435. The van der Waals surface area contributed by atoms with Crippen molar-refractivity contribution in [2.45, 2.75) is 51.7 Å². The van der Waals surface area contributed by atoms with Gasteiger partial charge < -0.3 is 19.9 Å². The molecule has 2 aromatic rings. The third-order valence-electron chi connectivity index (χ3n) is 5.48. The molecule has 1 aliphatic heterocycles. The van der Waals surface area contributed by atoms with Gasteiger partial charge in [0.25, 0.3) is 0 Å². The number of Topliss-reactive ketones (excluding diaryl/α,β-unsaturated/α-hetero) is 2. The van der Waals surface area contributed by atoms with E-state index >= 15 is 0 Å². The number of rotatable bonds is 3. The minimum Gasteiger partial charge on any atom is -0.444 e. The summed E-state index contributed by atoms with van der Waals surface area (Å²) in [6.07, 6.45) is 2.75. The number of carbonyl (C=O) groups excluding carboxylic acids is 3. The average Bonchev–Trinajstić information content (AvgIpc) is 3.21. The van der Waals surface area contributed by atoms with Crippen LogP contribution in [-0.2, 0) is 14.3 Å². The predicted octanol–water partition coefficient (Wildman–Crippen LogP) is 3.41. The van der Waals surface area contributed by atoms with Gasteiger partial charge in [0.2, 0.25) is 0 Å². The maximum atomic E-state index is 12.7. The minimum atomic E-state index is -0.526. The number of hydrogen-bond donors (Lipinski definition) is 2. The number of likely N-dealkylation sites (tertiary alicyclic amines) is 1. The van der Waals surface area contributed by atoms with Crippen molar-refractivity contribution in [1.82, 2.24) is 15.2 Å². The van der Waals surface area contributed by atoms with Gasteiger partial charge in [0.05, 0.1) is 17.7 Å². The van der Waals surface area contributed by atoms with E-state index in [0.717, 1.165) is 16.5 Å². The Hall–Kier alpha value is -3.09. The first-order valence-electron chi connectivity index (χ1n) is 10.3. The van der Waals surface area contributed by atoms with Crippen molar-refractivity contribution in [3.05, 3.63) is 41.7 Å². The Labute approximate surface area is 175 Å². The molecule has 0 radical (unpaired) electrons. The molecule has 1 saturated heterocycles. The number of ketones is 2. The number of H-pyrrole nitrogens is 1. The summed E-state index contributed by atoms with van der Waals surface area (Å²) in [6.45, 7) is 6.64. The van der Waals surface area contributed by atoms with Crippen molar-refractivity contribution in [2.75, 3.05) is 13.1 Å². The summed E-state index contributed by atoms with van der Waals surface area (Å²) >= 11 is 0. The molecule has 2 heterocycles. The third-order valence-corrected chi connectivity index (χ3v) is 5.48. The lowest BCUT2D eigenvalue weighted by atomic mass is 10.0. The molecule has 1 amide bonds. The molecule has 4 rings (SSSR count). The molecule has 158 valence electrons. The first-order chi connectivity index (χ1) is 14.2. The van der Waals surface area contributed by atoms with Crippen molar-refractivity contribution in [3.8, 4) is 0 Å². The minimum absolute atomic E-state index is 0.0220. The van der Waals surface area contributed by atoms with Crippen molar-refractivity contribution in [1.29, 1.82) is 0 Å². The Morgan fingerprint density at radius 1 is 1.13 bits per heavy atom. The van der Waals surface area contributed by atoms with Crippen LogP contribution in [0.3, 0.4) is 0 Å². The number of amides is 1. The summed E-state index contributed by atoms with van der Waals surface area (Å²) in [4.78, 5) is 42.4. The molecule has 7 nitrogen and oxygen atoms in total. The highest BCUT2D eigenvalue weighted by atomic mass is 16.6. The summed E-state index contributed by atoms with van der Waals surface area (Å²) < 4.78 is 5.44. The van der Waals surface area contributed by atoms with E-state index in [1.807, 2.05) is 45.0 Å². The van der Waals surface area contributed by atoms with Crippen LogP contribution in [0.4, 0.5) is 4.79 Å². The van der Waals surface area contributed by atoms with Crippen LogP contribution in [0.5, 0.6) is 0 Å². The maximum Gasteiger partial charge on any atom is 0.410 e. The molecule has 2 aliphatic rings. The molecule has 1 aromatic heterocycles. The largest absolute Gasteiger partial charge is 0.444 e. The standard InChI is InChI=1S/C23H27N3O4/c1-23(2,3)30-22(29)26-10-8-14(9-11-26)25-21-19(28)12-18(27)20(21)16-13-24-17-7-5-4-6-15(16)17/h4-7,13-14,24-25H,8-12H2,1-3H3. The zero-order chi connectivity index (χ0) is 21.5. The maximum absolute atomic E-state index is 12.7. The fourth-order valence-electron chi connectivity index (χ4n) is 4.05. The molecular weight excluding hydrogens is 382 g/mol. The van der Waals surface area contributed by atoms with Crippen molar-refractivity contribution in [2.24, 2.45) is 0 Å². The van der Waals surface area contributed by atoms with Crippen LogP contribution < -0.4 is 5.32 Å². The first kappa shape index (κ1) is 20.2. The molecule has 30 heavy (non-hydrogen) atoms. The Kier molecular flexibility index (Phi) is 5.13. The van der Waals surface area contributed by atoms with Gasteiger partial charge in [-0.25, -0.2) is 4.79 Å². The normalized spacial score (nSPS) is 18.4. The van der Waals surface area contributed by atoms with Crippen molar-refractivity contribution in [3.63, 3.8) is 0 Å². The Morgan fingerprint density at radius 3 is 2.53 bits per heavy atom. The number of aromatic nitrogens is 1. The monoisotopic (exact) mass is 409 g/mol. The number of allylic oxidation sites excluding steroid dienone is 2. The van der Waals surface area contributed by atoms with Gasteiger partial charge in [-0.2, -0.15) is 0 Å². The highest BCUT2D eigenvalue weighted by Crippen LogP contribution is 2.33. The summed E-state index contributed by atoms with van der Waals surface area (Å²) in [6, 6.07) is 7.76. The molecule has 1 fully saturated rings. The van der Waals surface area contributed by atoms with Crippen LogP contribution in [0.2, 0.25) is 0 Å². The smallest absolute Gasteiger partial charge is 0.410 e. The van der Waals surface area contributed by atoms with Crippen LogP contribution in [0, 0.1) is 0 Å². The van der Waals surface area contributed by atoms with E-state index in [1.165, 1.54) is 0 Å². The van der Waals surface area contributed by atoms with Gasteiger partial charge in [-0.15, -0.1) is 0 Å². The molecule has 0 unspecified atom stereocenters. The van der Waals surface area contributed by atoms with Crippen LogP contribution >= 0.6 is 0 Å². The molecule has 0 atom stereocenters. The van der Waals surface area contributed by atoms with Gasteiger partial charge in [-0.1, -0.05) is 18.2 Å². The van der Waals surface area contributed by atoms with E-state index in [9.17, 15) is 14.4 Å². The van der Waals surface area contributed by atoms with Gasteiger partial charge in [0.15, 0.2) is 11.6 Å². The number of nitrogens with one attached hydrogen (secondary N) is 2. The third kappa shape index (κ3) is 3.97. The topological polar surface area (TPSA) is 91.5 Å². The van der Waals surface area contributed by atoms with Crippen molar-refractivity contribution >= 4 is 34.1 Å². The van der Waals surface area contributed by atoms with Gasteiger partial charge in [0.1, 0.15) is 5.60 Å². The second-order valence-corrected chi connectivity index (χ2v) is 8.91. The zero-order valence-corrected chi connectivity index (χ0v) is 17.6. The number of ether oxygens (including phenoxy) is 1. The van der Waals surface area contributed by atoms with Gasteiger partial charge >= 0.3 is 6.09 Å². The molecule has 0 saturated carbocycles. The van der Waals surface area contributed by atoms with E-state index in [4.69, 9.17) is 4.74 Å². The summed E-state index contributed by atoms with van der Waals surface area (Å²) in [5.41, 5.74) is 2.03. The number of fused-ring (bicyclic) bond motifs is 1. The molecule has 0 spiro atoms. The van der Waals surface area contributed by atoms with Crippen LogP contribution in [0.1, 0.15) is 45.6 Å². The molecule has 0 bridgehead atoms. The summed E-state index contributed by atoms with van der Waals surface area (Å²) in [7, 11) is 0.